The number of allylic oxidation sites excluding steroid dienone is 4. The van der Waals surface area contributed by atoms with E-state index in [0.717, 1.165) is 6.42 Å². The second-order valence-corrected chi connectivity index (χ2v) is 3.01. The summed E-state index contributed by atoms with van der Waals surface area (Å²) in [7, 11) is 0. The fourth-order valence-electron chi connectivity index (χ4n) is 1.11. The van der Waals surface area contributed by atoms with Crippen LogP contribution in [0.15, 0.2) is 23.6 Å². The van der Waals surface area contributed by atoms with Gasteiger partial charge < -0.3 is 0 Å². The third-order valence-electron chi connectivity index (χ3n) is 1.87. The molecule has 0 fully saturated rings. The van der Waals surface area contributed by atoms with Crippen LogP contribution in [0.1, 0.15) is 26.7 Å². The third kappa shape index (κ3) is 1.69. The molecule has 56 valence electrons. The Balaban J connectivity index is 2.64. The van der Waals surface area contributed by atoms with Gasteiger partial charge in [-0.05, 0) is 18.4 Å². The van der Waals surface area contributed by atoms with Crippen LogP contribution in [0.3, 0.4) is 0 Å². The van der Waals surface area contributed by atoms with Gasteiger partial charge in [-0.25, -0.2) is 4.39 Å². The minimum absolute atomic E-state index is 0.0180. The van der Waals surface area contributed by atoms with Gasteiger partial charge in [0, 0.05) is 6.42 Å². The lowest BCUT2D eigenvalue weighted by Gasteiger charge is -2.12. The molecule has 0 nitrogen and oxygen atoms in total. The Morgan fingerprint density at radius 1 is 1.30 bits per heavy atom. The fourth-order valence-corrected chi connectivity index (χ4v) is 1.11. The van der Waals surface area contributed by atoms with Crippen LogP contribution < -0.4 is 0 Å². The molecule has 0 spiro atoms. The van der Waals surface area contributed by atoms with E-state index in [9.17, 15) is 4.39 Å². The van der Waals surface area contributed by atoms with Gasteiger partial charge in [-0.1, -0.05) is 25.5 Å². The minimum Gasteiger partial charge on any atom is -0.212 e. The van der Waals surface area contributed by atoms with Gasteiger partial charge in [0.05, 0.1) is 0 Å². The summed E-state index contributed by atoms with van der Waals surface area (Å²) in [5, 5.41) is 0. The van der Waals surface area contributed by atoms with E-state index in [0.29, 0.717) is 12.3 Å². The molecule has 0 radical (unpaired) electrons. The molecule has 1 aliphatic rings. The first-order valence-corrected chi connectivity index (χ1v) is 3.75. The summed E-state index contributed by atoms with van der Waals surface area (Å²) in [6, 6.07) is 0. The lowest BCUT2D eigenvalue weighted by atomic mass is 9.95. The number of hydrogen-bond acceptors (Lipinski definition) is 0. The number of rotatable bonds is 1. The molecule has 1 heteroatoms. The smallest absolute Gasteiger partial charge is 0.100 e. The predicted molar refractivity (Wildman–Crippen MR) is 41.3 cm³/mol. The number of hydrogen-bond donors (Lipinski definition) is 0. The summed E-state index contributed by atoms with van der Waals surface area (Å²) >= 11 is 0. The molecular weight excluding hydrogens is 127 g/mol. The van der Waals surface area contributed by atoms with Crippen molar-refractivity contribution >= 4 is 0 Å². The van der Waals surface area contributed by atoms with Crippen LogP contribution in [0.25, 0.3) is 0 Å². The second kappa shape index (κ2) is 3.00. The Morgan fingerprint density at radius 2 is 2.00 bits per heavy atom. The minimum atomic E-state index is 0.0180. The first kappa shape index (κ1) is 7.52. The van der Waals surface area contributed by atoms with Gasteiger partial charge in [0.25, 0.3) is 0 Å². The van der Waals surface area contributed by atoms with Crippen molar-refractivity contribution in [1.29, 1.82) is 0 Å². The highest BCUT2D eigenvalue weighted by atomic mass is 19.1. The van der Waals surface area contributed by atoms with Gasteiger partial charge >= 0.3 is 0 Å². The molecule has 0 aliphatic heterocycles. The van der Waals surface area contributed by atoms with E-state index in [4.69, 9.17) is 0 Å². The average molecular weight is 140 g/mol. The molecule has 10 heavy (non-hydrogen) atoms. The molecule has 0 heterocycles. The van der Waals surface area contributed by atoms with Crippen LogP contribution in [-0.4, -0.2) is 0 Å². The Kier molecular flexibility index (Phi) is 2.25. The molecule has 1 aliphatic carbocycles. The van der Waals surface area contributed by atoms with Gasteiger partial charge in [0.1, 0.15) is 5.83 Å². The molecule has 0 aromatic carbocycles. The predicted octanol–water partition coefficient (Wildman–Crippen LogP) is 3.22. The maximum Gasteiger partial charge on any atom is 0.100 e. The molecule has 0 atom stereocenters. The van der Waals surface area contributed by atoms with E-state index < -0.39 is 0 Å². The Hall–Kier alpha value is -0.590. The number of halogens is 1. The van der Waals surface area contributed by atoms with E-state index >= 15 is 0 Å². The van der Waals surface area contributed by atoms with Gasteiger partial charge in [-0.3, -0.25) is 0 Å². The maximum atomic E-state index is 12.4. The molecule has 0 N–H and O–H groups in total. The SMILES string of the molecule is CC(C)C1=CC=C(F)CC1. The first-order chi connectivity index (χ1) is 4.70. The zero-order valence-corrected chi connectivity index (χ0v) is 6.52. The highest BCUT2D eigenvalue weighted by molar-refractivity contribution is 5.21. The van der Waals surface area contributed by atoms with E-state index in [1.165, 1.54) is 5.57 Å². The molecule has 0 bridgehead atoms. The van der Waals surface area contributed by atoms with Gasteiger partial charge in [-0.2, -0.15) is 0 Å². The normalized spacial score (nSPS) is 18.8. The standard InChI is InChI=1S/C9H13F/c1-7(2)8-3-5-9(10)6-4-8/h3,5,7H,4,6H2,1-2H3. The second-order valence-electron chi connectivity index (χ2n) is 3.01. The topological polar surface area (TPSA) is 0 Å². The summed E-state index contributed by atoms with van der Waals surface area (Å²) in [5.74, 6) is 0.591. The van der Waals surface area contributed by atoms with Crippen molar-refractivity contribution in [3.63, 3.8) is 0 Å². The molecular formula is C9H13F. The van der Waals surface area contributed by atoms with Crippen LogP contribution >= 0.6 is 0 Å². The summed E-state index contributed by atoms with van der Waals surface area (Å²) in [5.41, 5.74) is 1.36. The van der Waals surface area contributed by atoms with E-state index in [1.807, 2.05) is 6.08 Å². The molecule has 0 saturated heterocycles. The summed E-state index contributed by atoms with van der Waals surface area (Å²) in [6.45, 7) is 4.28. The summed E-state index contributed by atoms with van der Waals surface area (Å²) < 4.78 is 12.4. The summed E-state index contributed by atoms with van der Waals surface area (Å²) in [4.78, 5) is 0. The largest absolute Gasteiger partial charge is 0.212 e. The van der Waals surface area contributed by atoms with Crippen LogP contribution in [0, 0.1) is 5.92 Å². The van der Waals surface area contributed by atoms with Crippen LogP contribution in [-0.2, 0) is 0 Å². The van der Waals surface area contributed by atoms with Crippen molar-refractivity contribution in [3.05, 3.63) is 23.6 Å². The van der Waals surface area contributed by atoms with Crippen LogP contribution in [0.4, 0.5) is 4.39 Å². The van der Waals surface area contributed by atoms with Crippen molar-refractivity contribution in [2.45, 2.75) is 26.7 Å². The van der Waals surface area contributed by atoms with Crippen molar-refractivity contribution in [3.8, 4) is 0 Å². The fraction of sp³-hybridized carbons (Fsp3) is 0.556. The van der Waals surface area contributed by atoms with Crippen LogP contribution in [0.2, 0.25) is 0 Å². The van der Waals surface area contributed by atoms with E-state index in [-0.39, 0.29) is 5.83 Å². The van der Waals surface area contributed by atoms with Gasteiger partial charge in [-0.15, -0.1) is 0 Å². The van der Waals surface area contributed by atoms with E-state index in [1.54, 1.807) is 6.08 Å². The van der Waals surface area contributed by atoms with Gasteiger partial charge in [0.2, 0.25) is 0 Å². The quantitative estimate of drug-likeness (QED) is 0.524. The molecule has 0 saturated carbocycles. The zero-order chi connectivity index (χ0) is 7.56. The highest BCUT2D eigenvalue weighted by Gasteiger charge is 2.07. The molecule has 0 aromatic rings. The Labute approximate surface area is 61.4 Å². The molecule has 1 rings (SSSR count). The Bertz CT molecular complexity index is 175. The monoisotopic (exact) mass is 140 g/mol. The molecule has 0 unspecified atom stereocenters. The Morgan fingerprint density at radius 3 is 2.40 bits per heavy atom. The zero-order valence-electron chi connectivity index (χ0n) is 6.52. The van der Waals surface area contributed by atoms with Crippen molar-refractivity contribution in [1.82, 2.24) is 0 Å². The van der Waals surface area contributed by atoms with Crippen LogP contribution in [0.5, 0.6) is 0 Å². The van der Waals surface area contributed by atoms with Crippen molar-refractivity contribution in [2.75, 3.05) is 0 Å². The lowest BCUT2D eigenvalue weighted by Crippen LogP contribution is -1.97. The maximum absolute atomic E-state index is 12.4. The van der Waals surface area contributed by atoms with Gasteiger partial charge in [0.15, 0.2) is 0 Å². The molecule has 0 aromatic heterocycles. The van der Waals surface area contributed by atoms with Crippen molar-refractivity contribution < 1.29 is 4.39 Å². The first-order valence-electron chi connectivity index (χ1n) is 3.75. The van der Waals surface area contributed by atoms with E-state index in [2.05, 4.69) is 13.8 Å². The van der Waals surface area contributed by atoms with Crippen molar-refractivity contribution in [2.24, 2.45) is 5.92 Å². The average Bonchev–Trinajstić information content (AvgIpc) is 1.88. The molecule has 0 amide bonds. The third-order valence-corrected chi connectivity index (χ3v) is 1.87. The highest BCUT2D eigenvalue weighted by Crippen LogP contribution is 2.23. The summed E-state index contributed by atoms with van der Waals surface area (Å²) in [6.07, 6.45) is 4.99. The lowest BCUT2D eigenvalue weighted by molar-refractivity contribution is 0.566.